The molecule has 3 rings (SSSR count). The number of benzene rings is 2. The Kier molecular flexibility index (Phi) is 5.13. The van der Waals surface area contributed by atoms with Crippen LogP contribution in [-0.2, 0) is 16.6 Å². The van der Waals surface area contributed by atoms with Crippen LogP contribution in [0.15, 0.2) is 53.4 Å². The second-order valence-corrected chi connectivity index (χ2v) is 8.64. The summed E-state index contributed by atoms with van der Waals surface area (Å²) in [5.41, 5.74) is 1.38. The average Bonchev–Trinajstić information content (AvgIpc) is 3.39. The number of nitrogens with zero attached hydrogens (tertiary/aromatic N) is 1. The molecular formula is C18H19ClN2O3S. The van der Waals surface area contributed by atoms with Crippen LogP contribution in [0, 0.1) is 0 Å². The molecule has 0 aliphatic heterocycles. The van der Waals surface area contributed by atoms with Gasteiger partial charge in [0.25, 0.3) is 5.91 Å². The summed E-state index contributed by atoms with van der Waals surface area (Å²) >= 11 is 5.88. The Morgan fingerprint density at radius 2 is 1.88 bits per heavy atom. The van der Waals surface area contributed by atoms with Crippen LogP contribution >= 0.6 is 11.6 Å². The third-order valence-electron chi connectivity index (χ3n) is 4.04. The lowest BCUT2D eigenvalue weighted by molar-refractivity contribution is 0.0951. The molecule has 1 amide bonds. The Labute approximate surface area is 152 Å². The van der Waals surface area contributed by atoms with E-state index < -0.39 is 10.0 Å². The first-order chi connectivity index (χ1) is 11.9. The van der Waals surface area contributed by atoms with Gasteiger partial charge in [-0.15, -0.1) is 0 Å². The molecular weight excluding hydrogens is 360 g/mol. The molecule has 0 bridgehead atoms. The van der Waals surface area contributed by atoms with E-state index in [1.807, 2.05) is 0 Å². The molecule has 0 spiro atoms. The maximum Gasteiger partial charge on any atom is 0.251 e. The standard InChI is InChI=1S/C18H19ClN2O3S/c1-21(25(23,24)17-4-2-3-15(19)11-17)12-13-5-7-14(8-6-13)18(22)20-16-9-10-16/h2-8,11,16H,9-10,12H2,1H3,(H,20,22). The number of carbonyl (C=O) groups is 1. The summed E-state index contributed by atoms with van der Waals surface area (Å²) < 4.78 is 26.5. The summed E-state index contributed by atoms with van der Waals surface area (Å²) in [6, 6.07) is 13.5. The summed E-state index contributed by atoms with van der Waals surface area (Å²) in [6.07, 6.45) is 2.08. The summed E-state index contributed by atoms with van der Waals surface area (Å²) in [5, 5.41) is 3.30. The summed E-state index contributed by atoms with van der Waals surface area (Å²) in [6.45, 7) is 0.208. The lowest BCUT2D eigenvalue weighted by atomic mass is 10.1. The Morgan fingerprint density at radius 1 is 1.20 bits per heavy atom. The van der Waals surface area contributed by atoms with Gasteiger partial charge >= 0.3 is 0 Å². The zero-order chi connectivity index (χ0) is 18.0. The fourth-order valence-corrected chi connectivity index (χ4v) is 3.87. The maximum atomic E-state index is 12.6. The normalized spacial score (nSPS) is 14.5. The van der Waals surface area contributed by atoms with E-state index in [2.05, 4.69) is 5.32 Å². The molecule has 1 fully saturated rings. The topological polar surface area (TPSA) is 66.5 Å². The predicted octanol–water partition coefficient (Wildman–Crippen LogP) is 3.05. The van der Waals surface area contributed by atoms with E-state index in [-0.39, 0.29) is 17.3 Å². The van der Waals surface area contributed by atoms with E-state index in [1.165, 1.54) is 23.5 Å². The molecule has 132 valence electrons. The third kappa shape index (κ3) is 4.39. The molecule has 7 heteroatoms. The number of sulfonamides is 1. The number of hydrogen-bond acceptors (Lipinski definition) is 3. The van der Waals surface area contributed by atoms with Gasteiger partial charge in [0.2, 0.25) is 10.0 Å². The molecule has 0 aromatic heterocycles. The second-order valence-electron chi connectivity index (χ2n) is 6.16. The van der Waals surface area contributed by atoms with Crippen molar-refractivity contribution in [3.05, 3.63) is 64.7 Å². The van der Waals surface area contributed by atoms with Crippen molar-refractivity contribution in [2.24, 2.45) is 0 Å². The number of rotatable bonds is 6. The highest BCUT2D eigenvalue weighted by atomic mass is 35.5. The summed E-state index contributed by atoms with van der Waals surface area (Å²) in [4.78, 5) is 12.1. The molecule has 1 saturated carbocycles. The first-order valence-corrected chi connectivity index (χ1v) is 9.80. The number of amides is 1. The molecule has 2 aromatic rings. The Bertz CT molecular complexity index is 877. The van der Waals surface area contributed by atoms with Crippen molar-refractivity contribution in [2.75, 3.05) is 7.05 Å². The predicted molar refractivity (Wildman–Crippen MR) is 97.0 cm³/mol. The highest BCUT2D eigenvalue weighted by molar-refractivity contribution is 7.89. The van der Waals surface area contributed by atoms with Crippen LogP contribution in [0.2, 0.25) is 5.02 Å². The van der Waals surface area contributed by atoms with E-state index in [4.69, 9.17) is 11.6 Å². The van der Waals surface area contributed by atoms with Gasteiger partial charge in [0.05, 0.1) is 4.90 Å². The monoisotopic (exact) mass is 378 g/mol. The van der Waals surface area contributed by atoms with E-state index in [0.717, 1.165) is 18.4 Å². The molecule has 0 heterocycles. The van der Waals surface area contributed by atoms with Crippen molar-refractivity contribution in [3.8, 4) is 0 Å². The summed E-state index contributed by atoms with van der Waals surface area (Å²) in [7, 11) is -2.11. The Balaban J connectivity index is 1.69. The van der Waals surface area contributed by atoms with Crippen LogP contribution in [-0.4, -0.2) is 31.7 Å². The van der Waals surface area contributed by atoms with Crippen LogP contribution in [0.25, 0.3) is 0 Å². The molecule has 0 atom stereocenters. The minimum atomic E-state index is -3.62. The van der Waals surface area contributed by atoms with Crippen LogP contribution in [0.4, 0.5) is 0 Å². The molecule has 2 aromatic carbocycles. The van der Waals surface area contributed by atoms with Gasteiger partial charge in [0.15, 0.2) is 0 Å². The zero-order valence-electron chi connectivity index (χ0n) is 13.8. The molecule has 1 aliphatic rings. The molecule has 0 radical (unpaired) electrons. The van der Waals surface area contributed by atoms with Gasteiger partial charge in [-0.25, -0.2) is 8.42 Å². The van der Waals surface area contributed by atoms with Gasteiger partial charge in [-0.2, -0.15) is 4.31 Å². The lowest BCUT2D eigenvalue weighted by Crippen LogP contribution is -2.27. The number of carbonyl (C=O) groups excluding carboxylic acids is 1. The van der Waals surface area contributed by atoms with Crippen molar-refractivity contribution in [3.63, 3.8) is 0 Å². The number of halogens is 1. The Hall–Kier alpha value is -1.89. The van der Waals surface area contributed by atoms with E-state index in [9.17, 15) is 13.2 Å². The molecule has 5 nitrogen and oxygen atoms in total. The molecule has 25 heavy (non-hydrogen) atoms. The molecule has 0 saturated heterocycles. The lowest BCUT2D eigenvalue weighted by Gasteiger charge is -2.17. The fourth-order valence-electron chi connectivity index (χ4n) is 2.41. The number of nitrogens with one attached hydrogen (secondary N) is 1. The van der Waals surface area contributed by atoms with E-state index in [0.29, 0.717) is 16.6 Å². The van der Waals surface area contributed by atoms with E-state index in [1.54, 1.807) is 36.4 Å². The van der Waals surface area contributed by atoms with Crippen molar-refractivity contribution in [2.45, 2.75) is 30.3 Å². The molecule has 1 aliphatic carbocycles. The highest BCUT2D eigenvalue weighted by Gasteiger charge is 2.24. The Morgan fingerprint density at radius 3 is 2.48 bits per heavy atom. The van der Waals surface area contributed by atoms with Gasteiger partial charge in [-0.05, 0) is 48.7 Å². The quantitative estimate of drug-likeness (QED) is 0.840. The van der Waals surface area contributed by atoms with Crippen LogP contribution in [0.1, 0.15) is 28.8 Å². The first-order valence-electron chi connectivity index (χ1n) is 7.98. The second kappa shape index (κ2) is 7.15. The highest BCUT2D eigenvalue weighted by Crippen LogP contribution is 2.21. The third-order valence-corrected chi connectivity index (χ3v) is 6.07. The fraction of sp³-hybridized carbons (Fsp3) is 0.278. The van der Waals surface area contributed by atoms with Crippen molar-refractivity contribution < 1.29 is 13.2 Å². The smallest absolute Gasteiger partial charge is 0.251 e. The average molecular weight is 379 g/mol. The zero-order valence-corrected chi connectivity index (χ0v) is 15.3. The van der Waals surface area contributed by atoms with Crippen LogP contribution < -0.4 is 5.32 Å². The van der Waals surface area contributed by atoms with Crippen LogP contribution in [0.3, 0.4) is 0 Å². The van der Waals surface area contributed by atoms with E-state index >= 15 is 0 Å². The first kappa shape index (κ1) is 17.9. The SMILES string of the molecule is CN(Cc1ccc(C(=O)NC2CC2)cc1)S(=O)(=O)c1cccc(Cl)c1. The van der Waals surface area contributed by atoms with Crippen LogP contribution in [0.5, 0.6) is 0 Å². The minimum absolute atomic E-state index is 0.0889. The molecule has 0 unspecified atom stereocenters. The van der Waals surface area contributed by atoms with Gasteiger partial charge in [-0.3, -0.25) is 4.79 Å². The van der Waals surface area contributed by atoms with Crippen molar-refractivity contribution >= 4 is 27.5 Å². The molecule has 1 N–H and O–H groups in total. The maximum absolute atomic E-state index is 12.6. The summed E-state index contributed by atoms with van der Waals surface area (Å²) in [5.74, 6) is -0.0889. The van der Waals surface area contributed by atoms with Gasteiger partial charge in [-0.1, -0.05) is 29.8 Å². The minimum Gasteiger partial charge on any atom is -0.349 e. The van der Waals surface area contributed by atoms with Gasteiger partial charge in [0, 0.05) is 30.2 Å². The van der Waals surface area contributed by atoms with Crippen molar-refractivity contribution in [1.29, 1.82) is 0 Å². The number of hydrogen-bond donors (Lipinski definition) is 1. The van der Waals surface area contributed by atoms with Gasteiger partial charge in [0.1, 0.15) is 0 Å². The van der Waals surface area contributed by atoms with Crippen molar-refractivity contribution in [1.82, 2.24) is 9.62 Å². The van der Waals surface area contributed by atoms with Gasteiger partial charge < -0.3 is 5.32 Å². The largest absolute Gasteiger partial charge is 0.349 e.